The van der Waals surface area contributed by atoms with Crippen molar-refractivity contribution in [3.05, 3.63) is 80.8 Å². The number of nitrogens with one attached hydrogen (secondary N) is 1. The normalized spacial score (nSPS) is 12.5. The first-order valence-electron chi connectivity index (χ1n) is 10.0. The van der Waals surface area contributed by atoms with Gasteiger partial charge in [0.25, 0.3) is 0 Å². The molecule has 0 fully saturated rings. The van der Waals surface area contributed by atoms with Crippen LogP contribution in [-0.2, 0) is 38.5 Å². The lowest BCUT2D eigenvalue weighted by Crippen LogP contribution is -2.30. The average Bonchev–Trinajstić information content (AvgIpc) is 3.27. The van der Waals surface area contributed by atoms with Gasteiger partial charge in [0.1, 0.15) is 5.01 Å². The minimum atomic E-state index is -3.96. The first-order valence-corrected chi connectivity index (χ1v) is 12.7. The molecule has 0 radical (unpaired) electrons. The van der Waals surface area contributed by atoms with Gasteiger partial charge in [-0.05, 0) is 54.7 Å². The number of rotatable bonds is 10. The third kappa shape index (κ3) is 6.60. The lowest BCUT2D eigenvalue weighted by atomic mass is 10.1. The highest BCUT2D eigenvalue weighted by molar-refractivity contribution is 7.86. The fourth-order valence-corrected chi connectivity index (χ4v) is 4.89. The fourth-order valence-electron chi connectivity index (χ4n) is 3.15. The summed E-state index contributed by atoms with van der Waals surface area (Å²) in [6.07, 6.45) is 2.15. The lowest BCUT2D eigenvalue weighted by molar-refractivity contribution is -0.121. The number of benzene rings is 2. The Morgan fingerprint density at radius 2 is 1.97 bits per heavy atom. The number of aromatic nitrogens is 1. The zero-order chi connectivity index (χ0) is 23.1. The Bertz CT molecular complexity index is 1160. The summed E-state index contributed by atoms with van der Waals surface area (Å²) in [5, 5.41) is 6.50. The second kappa shape index (κ2) is 11.0. The van der Waals surface area contributed by atoms with Crippen molar-refractivity contribution in [1.82, 2.24) is 10.3 Å². The maximum atomic E-state index is 12.7. The number of thiazole rings is 1. The van der Waals surface area contributed by atoms with Gasteiger partial charge in [0.15, 0.2) is 0 Å². The molecule has 32 heavy (non-hydrogen) atoms. The maximum absolute atomic E-state index is 12.7. The standard InChI is InChI=1S/C22H24ClN3O4S2/c1-2-18-14-31-22(25-18)20(13-16-6-9-19(10-7-16)32(28,29)30-24)26-21(27)11-8-15-4-3-5-17(23)12-15/h3-7,9-10,12,14,20H,2,8,11,13,24H2,1H3,(H,26,27)/t20-/m0/s1. The number of hydrogen-bond donors (Lipinski definition) is 2. The summed E-state index contributed by atoms with van der Waals surface area (Å²) in [5.74, 6) is 4.73. The number of amides is 1. The van der Waals surface area contributed by atoms with Crippen LogP contribution >= 0.6 is 22.9 Å². The van der Waals surface area contributed by atoms with E-state index in [1.807, 2.05) is 30.5 Å². The van der Waals surface area contributed by atoms with Gasteiger partial charge in [0, 0.05) is 16.8 Å². The molecule has 10 heteroatoms. The summed E-state index contributed by atoms with van der Waals surface area (Å²) in [6.45, 7) is 2.02. The molecule has 0 bridgehead atoms. The molecular weight excluding hydrogens is 470 g/mol. The van der Waals surface area contributed by atoms with E-state index in [-0.39, 0.29) is 16.8 Å². The summed E-state index contributed by atoms with van der Waals surface area (Å²) in [7, 11) is -3.96. The first kappa shape index (κ1) is 24.3. The largest absolute Gasteiger partial charge is 0.347 e. The van der Waals surface area contributed by atoms with Crippen molar-refractivity contribution in [3.63, 3.8) is 0 Å². The number of carbonyl (C=O) groups is 1. The molecule has 1 atom stereocenters. The first-order chi connectivity index (χ1) is 15.3. The molecule has 0 saturated heterocycles. The highest BCUT2D eigenvalue weighted by Crippen LogP contribution is 2.24. The molecule has 0 aliphatic carbocycles. The van der Waals surface area contributed by atoms with Crippen molar-refractivity contribution < 1.29 is 17.5 Å². The topological polar surface area (TPSA) is 111 Å². The van der Waals surface area contributed by atoms with Crippen LogP contribution < -0.4 is 11.2 Å². The van der Waals surface area contributed by atoms with E-state index in [2.05, 4.69) is 14.6 Å². The molecule has 1 amide bonds. The Hall–Kier alpha value is -2.30. The predicted molar refractivity (Wildman–Crippen MR) is 125 cm³/mol. The van der Waals surface area contributed by atoms with Gasteiger partial charge in [-0.2, -0.15) is 18.6 Å². The monoisotopic (exact) mass is 493 g/mol. The SMILES string of the molecule is CCc1csc([C@H](Cc2ccc(S(=O)(=O)ON)cc2)NC(=O)CCc2cccc(Cl)c2)n1. The van der Waals surface area contributed by atoms with Gasteiger partial charge >= 0.3 is 10.1 Å². The Labute approximate surface area is 196 Å². The Morgan fingerprint density at radius 1 is 1.22 bits per heavy atom. The van der Waals surface area contributed by atoms with Crippen LogP contribution in [0.5, 0.6) is 0 Å². The van der Waals surface area contributed by atoms with E-state index in [0.29, 0.717) is 24.3 Å². The molecule has 170 valence electrons. The lowest BCUT2D eigenvalue weighted by Gasteiger charge is -2.17. The van der Waals surface area contributed by atoms with E-state index in [0.717, 1.165) is 28.2 Å². The van der Waals surface area contributed by atoms with Gasteiger partial charge in [0.05, 0.1) is 16.6 Å². The maximum Gasteiger partial charge on any atom is 0.312 e. The van der Waals surface area contributed by atoms with Crippen LogP contribution in [0.25, 0.3) is 0 Å². The minimum Gasteiger partial charge on any atom is -0.347 e. The second-order valence-corrected chi connectivity index (χ2v) is 10.1. The van der Waals surface area contributed by atoms with Crippen LogP contribution in [0.15, 0.2) is 58.8 Å². The Morgan fingerprint density at radius 3 is 2.59 bits per heavy atom. The highest BCUT2D eigenvalue weighted by Gasteiger charge is 2.20. The molecule has 0 unspecified atom stereocenters. The number of carbonyl (C=O) groups excluding carboxylic acids is 1. The van der Waals surface area contributed by atoms with Gasteiger partial charge < -0.3 is 5.32 Å². The van der Waals surface area contributed by atoms with E-state index < -0.39 is 10.1 Å². The van der Waals surface area contributed by atoms with E-state index in [1.54, 1.807) is 18.2 Å². The van der Waals surface area contributed by atoms with Crippen molar-refractivity contribution in [3.8, 4) is 0 Å². The zero-order valence-corrected chi connectivity index (χ0v) is 19.8. The molecule has 1 aromatic heterocycles. The molecule has 3 N–H and O–H groups in total. The van der Waals surface area contributed by atoms with Crippen LogP contribution in [0.1, 0.15) is 41.2 Å². The number of nitrogens with two attached hydrogens (primary N) is 1. The van der Waals surface area contributed by atoms with Gasteiger partial charge in [0.2, 0.25) is 5.91 Å². The second-order valence-electron chi connectivity index (χ2n) is 7.18. The molecular formula is C22H24ClN3O4S2. The third-order valence-corrected chi connectivity index (χ3v) is 7.22. The molecule has 0 aliphatic heterocycles. The summed E-state index contributed by atoms with van der Waals surface area (Å²) in [5.41, 5.74) is 2.80. The molecule has 1 heterocycles. The van der Waals surface area contributed by atoms with Gasteiger partial charge in [-0.25, -0.2) is 4.98 Å². The quantitative estimate of drug-likeness (QED) is 0.413. The van der Waals surface area contributed by atoms with Crippen LogP contribution in [0.4, 0.5) is 0 Å². The van der Waals surface area contributed by atoms with Crippen molar-refractivity contribution in [1.29, 1.82) is 0 Å². The summed E-state index contributed by atoms with van der Waals surface area (Å²) in [4.78, 5) is 17.3. The summed E-state index contributed by atoms with van der Waals surface area (Å²) >= 11 is 7.51. The molecule has 7 nitrogen and oxygen atoms in total. The summed E-state index contributed by atoms with van der Waals surface area (Å²) in [6, 6.07) is 13.3. The van der Waals surface area contributed by atoms with Crippen LogP contribution in [-0.4, -0.2) is 19.3 Å². The number of aryl methyl sites for hydroxylation is 2. The van der Waals surface area contributed by atoms with Crippen LogP contribution in [0, 0.1) is 0 Å². The van der Waals surface area contributed by atoms with Crippen molar-refractivity contribution in [2.45, 2.75) is 43.5 Å². The van der Waals surface area contributed by atoms with Gasteiger partial charge in [-0.3, -0.25) is 4.79 Å². The van der Waals surface area contributed by atoms with Gasteiger partial charge in [-0.15, -0.1) is 11.3 Å². The molecule has 3 aromatic rings. The van der Waals surface area contributed by atoms with E-state index in [9.17, 15) is 13.2 Å². The Kier molecular flexibility index (Phi) is 8.38. The average molecular weight is 494 g/mol. The number of hydrogen-bond acceptors (Lipinski definition) is 7. The number of halogens is 1. The van der Waals surface area contributed by atoms with Crippen molar-refractivity contribution >= 4 is 39.0 Å². The smallest absolute Gasteiger partial charge is 0.312 e. The van der Waals surface area contributed by atoms with E-state index >= 15 is 0 Å². The van der Waals surface area contributed by atoms with Gasteiger partial charge in [-0.1, -0.05) is 42.8 Å². The van der Waals surface area contributed by atoms with E-state index in [4.69, 9.17) is 17.5 Å². The van der Waals surface area contributed by atoms with E-state index in [1.165, 1.54) is 23.5 Å². The van der Waals surface area contributed by atoms with Crippen molar-refractivity contribution in [2.24, 2.45) is 5.90 Å². The molecule has 0 saturated carbocycles. The minimum absolute atomic E-state index is 0.0339. The predicted octanol–water partition coefficient (Wildman–Crippen LogP) is 3.97. The molecule has 0 aliphatic rings. The molecule has 2 aromatic carbocycles. The van der Waals surface area contributed by atoms with Crippen molar-refractivity contribution in [2.75, 3.05) is 0 Å². The zero-order valence-electron chi connectivity index (χ0n) is 17.5. The fraction of sp³-hybridized carbons (Fsp3) is 0.273. The third-order valence-electron chi connectivity index (χ3n) is 4.87. The Balaban J connectivity index is 1.73. The number of nitrogens with zero attached hydrogens (tertiary/aromatic N) is 1. The molecule has 0 spiro atoms. The molecule has 3 rings (SSSR count). The highest BCUT2D eigenvalue weighted by atomic mass is 35.5. The van der Waals surface area contributed by atoms with Crippen LogP contribution in [0.2, 0.25) is 5.02 Å². The van der Waals surface area contributed by atoms with Crippen LogP contribution in [0.3, 0.4) is 0 Å². The summed E-state index contributed by atoms with van der Waals surface area (Å²) < 4.78 is 27.5.